The molecule has 2 aromatic heterocycles. The number of aromatic nitrogens is 2. The van der Waals surface area contributed by atoms with E-state index < -0.39 is 0 Å². The first kappa shape index (κ1) is 25.1. The number of hydrogen-bond donors (Lipinski definition) is 0. The number of fused-ring (bicyclic) bond motifs is 3. The second kappa shape index (κ2) is 10.3. The highest BCUT2D eigenvalue weighted by Crippen LogP contribution is 2.44. The van der Waals surface area contributed by atoms with Gasteiger partial charge in [-0.15, -0.1) is 0 Å². The van der Waals surface area contributed by atoms with Crippen LogP contribution in [0.15, 0.2) is 152 Å². The second-order valence-electron chi connectivity index (χ2n) is 11.1. The zero-order chi connectivity index (χ0) is 28.8. The van der Waals surface area contributed by atoms with Crippen molar-refractivity contribution in [2.75, 3.05) is 0 Å². The van der Waals surface area contributed by atoms with Crippen LogP contribution >= 0.6 is 0 Å². The molecule has 0 unspecified atom stereocenters. The van der Waals surface area contributed by atoms with E-state index in [1.165, 1.54) is 60.1 Å². The third-order valence-corrected chi connectivity index (χ3v) is 8.42. The summed E-state index contributed by atoms with van der Waals surface area (Å²) in [6.07, 6.45) is 3.69. The minimum Gasteiger partial charge on any atom is -0.256 e. The maximum atomic E-state index is 4.69. The van der Waals surface area contributed by atoms with Gasteiger partial charge in [-0.1, -0.05) is 109 Å². The minimum atomic E-state index is 0.942. The Morgan fingerprint density at radius 2 is 0.884 bits per heavy atom. The molecule has 202 valence electrons. The van der Waals surface area contributed by atoms with Crippen molar-refractivity contribution in [3.63, 3.8) is 0 Å². The van der Waals surface area contributed by atoms with Gasteiger partial charge in [0.15, 0.2) is 0 Å². The Hall–Kier alpha value is -5.60. The van der Waals surface area contributed by atoms with Crippen molar-refractivity contribution in [1.82, 2.24) is 9.97 Å². The van der Waals surface area contributed by atoms with E-state index in [-0.39, 0.29) is 0 Å². The predicted octanol–water partition coefficient (Wildman–Crippen LogP) is 10.9. The fourth-order valence-corrected chi connectivity index (χ4v) is 6.31. The van der Waals surface area contributed by atoms with Gasteiger partial charge in [-0.3, -0.25) is 9.97 Å². The molecule has 0 aliphatic rings. The Balaban J connectivity index is 1.28. The van der Waals surface area contributed by atoms with Crippen LogP contribution in [0.5, 0.6) is 0 Å². The van der Waals surface area contributed by atoms with Gasteiger partial charge in [0, 0.05) is 23.5 Å². The second-order valence-corrected chi connectivity index (χ2v) is 11.1. The van der Waals surface area contributed by atoms with Crippen molar-refractivity contribution in [2.24, 2.45) is 0 Å². The predicted molar refractivity (Wildman–Crippen MR) is 181 cm³/mol. The highest BCUT2D eigenvalue weighted by Gasteiger charge is 2.16. The van der Waals surface area contributed by atoms with Crippen LogP contribution in [-0.4, -0.2) is 9.97 Å². The summed E-state index contributed by atoms with van der Waals surface area (Å²) in [5.74, 6) is 0. The maximum absolute atomic E-state index is 4.69. The van der Waals surface area contributed by atoms with E-state index in [0.717, 1.165) is 22.5 Å². The highest BCUT2D eigenvalue weighted by atomic mass is 14.7. The molecule has 0 saturated carbocycles. The molecule has 0 saturated heterocycles. The highest BCUT2D eigenvalue weighted by molar-refractivity contribution is 6.21. The molecule has 0 spiro atoms. The third-order valence-electron chi connectivity index (χ3n) is 8.42. The summed E-state index contributed by atoms with van der Waals surface area (Å²) in [7, 11) is 0. The van der Waals surface area contributed by atoms with Crippen LogP contribution < -0.4 is 0 Å². The molecule has 43 heavy (non-hydrogen) atoms. The SMILES string of the molecule is Cc1ccc(-c2c3ccccc3c(-c3ccc4cc(-c5cc(-c6ccccn6)ccn5)ccc4c3)c3ccccc23)cc1. The molecule has 0 aliphatic carbocycles. The van der Waals surface area contributed by atoms with Gasteiger partial charge in [0.1, 0.15) is 0 Å². The Morgan fingerprint density at radius 1 is 0.372 bits per heavy atom. The Morgan fingerprint density at radius 3 is 1.51 bits per heavy atom. The number of benzene rings is 6. The number of hydrogen-bond acceptors (Lipinski definition) is 2. The van der Waals surface area contributed by atoms with E-state index in [2.05, 4.69) is 132 Å². The lowest BCUT2D eigenvalue weighted by Crippen LogP contribution is -1.91. The van der Waals surface area contributed by atoms with Crippen LogP contribution in [0.3, 0.4) is 0 Å². The molecule has 2 heteroatoms. The Labute approximate surface area is 251 Å². The van der Waals surface area contributed by atoms with Crippen molar-refractivity contribution in [2.45, 2.75) is 6.92 Å². The van der Waals surface area contributed by atoms with E-state index in [1.807, 2.05) is 36.7 Å². The molecular weight excluding hydrogens is 520 g/mol. The summed E-state index contributed by atoms with van der Waals surface area (Å²) in [5.41, 5.74) is 10.4. The smallest absolute Gasteiger partial charge is 0.0708 e. The zero-order valence-electron chi connectivity index (χ0n) is 23.8. The van der Waals surface area contributed by atoms with Crippen molar-refractivity contribution in [3.8, 4) is 44.8 Å². The van der Waals surface area contributed by atoms with E-state index in [1.54, 1.807) is 0 Å². The standard InChI is InChI=1S/C41H28N2/c1-27-13-15-28(16-14-27)40-34-8-2-4-10-36(34)41(37-11-5-3-9-35(37)40)33-20-18-29-24-31(19-17-30(29)25-33)39-26-32(21-23-43-39)38-12-6-7-22-42-38/h2-26H,1H3. The molecule has 2 heterocycles. The lowest BCUT2D eigenvalue weighted by atomic mass is 9.85. The summed E-state index contributed by atoms with van der Waals surface area (Å²) in [4.78, 5) is 9.20. The molecule has 0 amide bonds. The first-order valence-corrected chi connectivity index (χ1v) is 14.7. The van der Waals surface area contributed by atoms with Crippen LogP contribution in [0.1, 0.15) is 5.56 Å². The molecule has 2 nitrogen and oxygen atoms in total. The van der Waals surface area contributed by atoms with Gasteiger partial charge in [-0.25, -0.2) is 0 Å². The lowest BCUT2D eigenvalue weighted by Gasteiger charge is -2.18. The first-order valence-electron chi connectivity index (χ1n) is 14.7. The fraction of sp³-hybridized carbons (Fsp3) is 0.0244. The summed E-state index contributed by atoms with van der Waals surface area (Å²) in [5, 5.41) is 7.48. The summed E-state index contributed by atoms with van der Waals surface area (Å²) < 4.78 is 0. The molecule has 6 aromatic carbocycles. The third kappa shape index (κ3) is 4.45. The molecule has 0 N–H and O–H groups in total. The lowest BCUT2D eigenvalue weighted by molar-refractivity contribution is 1.29. The van der Waals surface area contributed by atoms with Crippen molar-refractivity contribution in [1.29, 1.82) is 0 Å². The van der Waals surface area contributed by atoms with Gasteiger partial charge < -0.3 is 0 Å². The van der Waals surface area contributed by atoms with Crippen LogP contribution in [0.25, 0.3) is 77.1 Å². The van der Waals surface area contributed by atoms with Crippen LogP contribution in [0, 0.1) is 6.92 Å². The number of aryl methyl sites for hydroxylation is 1. The van der Waals surface area contributed by atoms with Gasteiger partial charge in [0.2, 0.25) is 0 Å². The van der Waals surface area contributed by atoms with Crippen LogP contribution in [0.2, 0.25) is 0 Å². The first-order chi connectivity index (χ1) is 21.2. The van der Waals surface area contributed by atoms with Crippen molar-refractivity contribution >= 4 is 32.3 Å². The van der Waals surface area contributed by atoms with Gasteiger partial charge in [-0.05, 0) is 97.9 Å². The molecule has 8 rings (SSSR count). The zero-order valence-corrected chi connectivity index (χ0v) is 23.8. The maximum Gasteiger partial charge on any atom is 0.0708 e. The van der Waals surface area contributed by atoms with Crippen LogP contribution in [-0.2, 0) is 0 Å². The quantitative estimate of drug-likeness (QED) is 0.204. The van der Waals surface area contributed by atoms with Crippen molar-refractivity contribution in [3.05, 3.63) is 157 Å². The summed E-state index contributed by atoms with van der Waals surface area (Å²) >= 11 is 0. The van der Waals surface area contributed by atoms with Gasteiger partial charge in [0.25, 0.3) is 0 Å². The van der Waals surface area contributed by atoms with Gasteiger partial charge in [0.05, 0.1) is 11.4 Å². The Kier molecular flexibility index (Phi) is 6.05. The number of pyridine rings is 2. The van der Waals surface area contributed by atoms with E-state index in [4.69, 9.17) is 0 Å². The molecule has 0 radical (unpaired) electrons. The van der Waals surface area contributed by atoms with E-state index in [9.17, 15) is 0 Å². The van der Waals surface area contributed by atoms with Crippen LogP contribution in [0.4, 0.5) is 0 Å². The Bertz CT molecular complexity index is 2230. The van der Waals surface area contributed by atoms with E-state index in [0.29, 0.717) is 0 Å². The largest absolute Gasteiger partial charge is 0.256 e. The van der Waals surface area contributed by atoms with Gasteiger partial charge in [-0.2, -0.15) is 0 Å². The molecule has 0 aliphatic heterocycles. The number of rotatable bonds is 4. The molecule has 0 bridgehead atoms. The average Bonchev–Trinajstić information content (AvgIpc) is 3.07. The minimum absolute atomic E-state index is 0.942. The summed E-state index contributed by atoms with van der Waals surface area (Å²) in [6, 6.07) is 50.1. The average molecular weight is 549 g/mol. The monoisotopic (exact) mass is 548 g/mol. The molecule has 8 aromatic rings. The van der Waals surface area contributed by atoms with Gasteiger partial charge >= 0.3 is 0 Å². The molecule has 0 atom stereocenters. The fourth-order valence-electron chi connectivity index (χ4n) is 6.31. The van der Waals surface area contributed by atoms with E-state index >= 15 is 0 Å². The summed E-state index contributed by atoms with van der Waals surface area (Å²) in [6.45, 7) is 2.14. The molecule has 0 fully saturated rings. The topological polar surface area (TPSA) is 25.8 Å². The molecular formula is C41H28N2. The number of nitrogens with zero attached hydrogens (tertiary/aromatic N) is 2. The normalized spacial score (nSPS) is 11.4. The van der Waals surface area contributed by atoms with Crippen molar-refractivity contribution < 1.29 is 0 Å².